The van der Waals surface area contributed by atoms with Gasteiger partial charge in [0.1, 0.15) is 0 Å². The largest absolute Gasteiger partial charge is 0.341 e. The van der Waals surface area contributed by atoms with Crippen molar-refractivity contribution < 1.29 is 4.79 Å². The van der Waals surface area contributed by atoms with Crippen LogP contribution >= 0.6 is 24.2 Å². The second kappa shape index (κ2) is 10.2. The van der Waals surface area contributed by atoms with Crippen LogP contribution in [-0.2, 0) is 4.79 Å². The lowest BCUT2D eigenvalue weighted by atomic mass is 9.79. The number of piperidine rings is 1. The number of rotatable bonds is 6. The molecule has 0 spiro atoms. The number of nitrogens with zero attached hydrogens (tertiary/aromatic N) is 1. The fraction of sp³-hybridized carbons (Fsp3) is 0.611. The summed E-state index contributed by atoms with van der Waals surface area (Å²) in [6.45, 7) is 3.91. The van der Waals surface area contributed by atoms with E-state index in [9.17, 15) is 4.79 Å². The third-order valence-electron chi connectivity index (χ3n) is 4.75. The average Bonchev–Trinajstić information content (AvgIpc) is 2.59. The molecule has 0 aromatic heterocycles. The number of amides is 1. The number of hydrogen-bond acceptors (Lipinski definition) is 3. The molecule has 1 aromatic rings. The van der Waals surface area contributed by atoms with Gasteiger partial charge in [0.15, 0.2) is 0 Å². The summed E-state index contributed by atoms with van der Waals surface area (Å²) >= 11 is 1.75. The number of hydrogen-bond donors (Lipinski definition) is 1. The van der Waals surface area contributed by atoms with Gasteiger partial charge in [0.2, 0.25) is 5.91 Å². The van der Waals surface area contributed by atoms with Crippen LogP contribution in [0.15, 0.2) is 30.3 Å². The first-order chi connectivity index (χ1) is 10.7. The Morgan fingerprint density at radius 2 is 2.09 bits per heavy atom. The Hall–Kier alpha value is -0.710. The quantitative estimate of drug-likeness (QED) is 0.848. The predicted molar refractivity (Wildman–Crippen MR) is 102 cm³/mol. The topological polar surface area (TPSA) is 46.3 Å². The number of carbonyl (C=O) groups excluding carboxylic acids is 1. The van der Waals surface area contributed by atoms with Gasteiger partial charge in [0, 0.05) is 13.1 Å². The standard InChI is InChI=1S/C18H28N2OS.ClH/c1-3-14-13-20(18(21)17(19)10-12-22-2)11-9-16(14)15-7-5-4-6-8-15;/h4-8,14,16-17H,3,9-13,19H2,1-2H3;1H/t14?,16?,17-;/m0./s1. The van der Waals surface area contributed by atoms with Gasteiger partial charge in [-0.3, -0.25) is 4.79 Å². The number of carbonyl (C=O) groups is 1. The SMILES string of the molecule is CCC1CN(C(=O)[C@@H](N)CCSC)CCC1c1ccccc1.Cl. The molecule has 3 atom stereocenters. The van der Waals surface area contributed by atoms with Gasteiger partial charge in [-0.1, -0.05) is 43.7 Å². The van der Waals surface area contributed by atoms with E-state index in [2.05, 4.69) is 43.5 Å². The van der Waals surface area contributed by atoms with E-state index >= 15 is 0 Å². The van der Waals surface area contributed by atoms with Crippen LogP contribution in [0.5, 0.6) is 0 Å². The molecule has 0 aliphatic carbocycles. The zero-order chi connectivity index (χ0) is 15.9. The summed E-state index contributed by atoms with van der Waals surface area (Å²) in [7, 11) is 0. The van der Waals surface area contributed by atoms with E-state index in [1.54, 1.807) is 11.8 Å². The van der Waals surface area contributed by atoms with Crippen LogP contribution in [0, 0.1) is 5.92 Å². The van der Waals surface area contributed by atoms with Crippen LogP contribution in [0.25, 0.3) is 0 Å². The Morgan fingerprint density at radius 3 is 2.70 bits per heavy atom. The van der Waals surface area contributed by atoms with Crippen LogP contribution in [0.4, 0.5) is 0 Å². The van der Waals surface area contributed by atoms with Gasteiger partial charge in [-0.05, 0) is 42.2 Å². The van der Waals surface area contributed by atoms with Crippen molar-refractivity contribution >= 4 is 30.1 Å². The molecule has 2 unspecified atom stereocenters. The summed E-state index contributed by atoms with van der Waals surface area (Å²) in [5, 5.41) is 0. The monoisotopic (exact) mass is 356 g/mol. The highest BCUT2D eigenvalue weighted by molar-refractivity contribution is 7.98. The van der Waals surface area contributed by atoms with Crippen molar-refractivity contribution in [1.29, 1.82) is 0 Å². The molecular formula is C18H29ClN2OS. The minimum absolute atomic E-state index is 0. The van der Waals surface area contributed by atoms with E-state index in [0.717, 1.165) is 38.1 Å². The molecule has 1 aromatic carbocycles. The van der Waals surface area contributed by atoms with E-state index < -0.39 is 0 Å². The number of halogens is 1. The number of benzene rings is 1. The Morgan fingerprint density at radius 1 is 1.39 bits per heavy atom. The molecular weight excluding hydrogens is 328 g/mol. The summed E-state index contributed by atoms with van der Waals surface area (Å²) in [5.74, 6) is 2.19. The van der Waals surface area contributed by atoms with Gasteiger partial charge in [-0.25, -0.2) is 0 Å². The van der Waals surface area contributed by atoms with Crippen molar-refractivity contribution in [2.24, 2.45) is 11.7 Å². The smallest absolute Gasteiger partial charge is 0.239 e. The third-order valence-corrected chi connectivity index (χ3v) is 5.39. The lowest BCUT2D eigenvalue weighted by Gasteiger charge is -2.39. The van der Waals surface area contributed by atoms with Gasteiger partial charge >= 0.3 is 0 Å². The van der Waals surface area contributed by atoms with E-state index in [0.29, 0.717) is 11.8 Å². The van der Waals surface area contributed by atoms with Crippen LogP contribution < -0.4 is 5.73 Å². The zero-order valence-corrected chi connectivity index (χ0v) is 15.7. The van der Waals surface area contributed by atoms with Gasteiger partial charge < -0.3 is 10.6 Å². The van der Waals surface area contributed by atoms with Crippen molar-refractivity contribution in [1.82, 2.24) is 4.90 Å². The average molecular weight is 357 g/mol. The zero-order valence-electron chi connectivity index (χ0n) is 14.1. The lowest BCUT2D eigenvalue weighted by Crippen LogP contribution is -2.49. The molecule has 3 nitrogen and oxygen atoms in total. The third kappa shape index (κ3) is 5.40. The maximum Gasteiger partial charge on any atom is 0.239 e. The van der Waals surface area contributed by atoms with E-state index in [4.69, 9.17) is 5.73 Å². The molecule has 5 heteroatoms. The first-order valence-corrected chi connectivity index (χ1v) is 9.65. The summed E-state index contributed by atoms with van der Waals surface area (Å²) in [5.41, 5.74) is 7.47. The fourth-order valence-electron chi connectivity index (χ4n) is 3.39. The fourth-order valence-corrected chi connectivity index (χ4v) is 3.88. The Balaban J connectivity index is 0.00000264. The van der Waals surface area contributed by atoms with Crippen LogP contribution in [0.2, 0.25) is 0 Å². The molecule has 1 amide bonds. The minimum Gasteiger partial charge on any atom is -0.341 e. The summed E-state index contributed by atoms with van der Waals surface area (Å²) < 4.78 is 0. The highest BCUT2D eigenvalue weighted by Gasteiger charge is 2.32. The first-order valence-electron chi connectivity index (χ1n) is 8.25. The van der Waals surface area contributed by atoms with Gasteiger partial charge in [-0.15, -0.1) is 12.4 Å². The van der Waals surface area contributed by atoms with E-state index in [1.165, 1.54) is 5.56 Å². The molecule has 2 rings (SSSR count). The summed E-state index contributed by atoms with van der Waals surface area (Å²) in [4.78, 5) is 14.5. The second-order valence-corrected chi connectivity index (χ2v) is 7.13. The maximum atomic E-state index is 12.5. The van der Waals surface area contributed by atoms with E-state index in [1.807, 2.05) is 4.90 Å². The van der Waals surface area contributed by atoms with Gasteiger partial charge in [0.05, 0.1) is 6.04 Å². The van der Waals surface area contributed by atoms with Crippen molar-refractivity contribution in [3.05, 3.63) is 35.9 Å². The van der Waals surface area contributed by atoms with Gasteiger partial charge in [-0.2, -0.15) is 11.8 Å². The number of thioether (sulfide) groups is 1. The molecule has 1 fully saturated rings. The molecule has 0 radical (unpaired) electrons. The Kier molecular flexibility index (Phi) is 9.03. The molecule has 23 heavy (non-hydrogen) atoms. The highest BCUT2D eigenvalue weighted by atomic mass is 35.5. The highest BCUT2D eigenvalue weighted by Crippen LogP contribution is 2.35. The summed E-state index contributed by atoms with van der Waals surface area (Å²) in [6, 6.07) is 10.4. The molecule has 1 aliphatic rings. The maximum absolute atomic E-state index is 12.5. The van der Waals surface area contributed by atoms with Crippen molar-refractivity contribution in [3.63, 3.8) is 0 Å². The summed E-state index contributed by atoms with van der Waals surface area (Å²) in [6.07, 6.45) is 4.97. The van der Waals surface area contributed by atoms with Crippen molar-refractivity contribution in [3.8, 4) is 0 Å². The van der Waals surface area contributed by atoms with Crippen molar-refractivity contribution in [2.75, 3.05) is 25.1 Å². The van der Waals surface area contributed by atoms with Crippen LogP contribution in [-0.4, -0.2) is 41.9 Å². The molecule has 1 heterocycles. The van der Waals surface area contributed by atoms with E-state index in [-0.39, 0.29) is 24.4 Å². The van der Waals surface area contributed by atoms with Gasteiger partial charge in [0.25, 0.3) is 0 Å². The molecule has 130 valence electrons. The predicted octanol–water partition coefficient (Wildman–Crippen LogP) is 3.53. The molecule has 1 aliphatic heterocycles. The molecule has 2 N–H and O–H groups in total. The Bertz CT molecular complexity index is 471. The molecule has 1 saturated heterocycles. The first kappa shape index (κ1) is 20.3. The lowest BCUT2D eigenvalue weighted by molar-refractivity contribution is -0.134. The molecule has 0 bridgehead atoms. The Labute approximate surface area is 150 Å². The number of nitrogens with two attached hydrogens (primary N) is 1. The second-order valence-electron chi connectivity index (χ2n) is 6.15. The number of likely N-dealkylation sites (tertiary alicyclic amines) is 1. The molecule has 0 saturated carbocycles. The van der Waals surface area contributed by atoms with Crippen LogP contribution in [0.3, 0.4) is 0 Å². The normalized spacial score (nSPS) is 22.3. The van der Waals surface area contributed by atoms with Crippen LogP contribution in [0.1, 0.15) is 37.7 Å². The minimum atomic E-state index is -0.335. The van der Waals surface area contributed by atoms with Crippen molar-refractivity contribution in [2.45, 2.75) is 38.1 Å².